The van der Waals surface area contributed by atoms with E-state index in [1.165, 1.54) is 9.58 Å². The van der Waals surface area contributed by atoms with Crippen molar-refractivity contribution in [3.8, 4) is 5.69 Å². The normalized spacial score (nSPS) is 16.8. The van der Waals surface area contributed by atoms with Crippen molar-refractivity contribution in [3.63, 3.8) is 0 Å². The predicted octanol–water partition coefficient (Wildman–Crippen LogP) is 5.22. The molecular formula is C32H17Cl2N3O5. The highest BCUT2D eigenvalue weighted by molar-refractivity contribution is 6.35. The molecule has 0 N–H and O–H groups in total. The molecule has 1 atom stereocenters. The van der Waals surface area contributed by atoms with Crippen LogP contribution < -0.4 is 21.6 Å². The van der Waals surface area contributed by atoms with Crippen molar-refractivity contribution in [1.82, 2.24) is 9.36 Å². The summed E-state index contributed by atoms with van der Waals surface area (Å²) in [4.78, 5) is 59.1. The van der Waals surface area contributed by atoms with Gasteiger partial charge in [0.05, 0.1) is 28.7 Å². The third-order valence-electron chi connectivity index (χ3n) is 8.13. The van der Waals surface area contributed by atoms with Gasteiger partial charge >= 0.3 is 5.63 Å². The number of rotatable bonds is 2. The number of para-hydroxylation sites is 2. The van der Waals surface area contributed by atoms with Crippen molar-refractivity contribution < 1.29 is 9.21 Å². The van der Waals surface area contributed by atoms with Gasteiger partial charge in [-0.3, -0.25) is 14.4 Å². The fourth-order valence-corrected chi connectivity index (χ4v) is 6.87. The predicted molar refractivity (Wildman–Crippen MR) is 160 cm³/mol. The Morgan fingerprint density at radius 1 is 0.738 bits per heavy atom. The van der Waals surface area contributed by atoms with Crippen LogP contribution in [0, 0.1) is 0 Å². The highest BCUT2D eigenvalue weighted by Crippen LogP contribution is 2.51. The van der Waals surface area contributed by atoms with E-state index >= 15 is 0 Å². The molecule has 8 rings (SSSR count). The van der Waals surface area contributed by atoms with Gasteiger partial charge in [0.15, 0.2) is 0 Å². The summed E-state index contributed by atoms with van der Waals surface area (Å²) in [5.41, 5.74) is -2.27. The molecular weight excluding hydrogens is 577 g/mol. The van der Waals surface area contributed by atoms with Crippen molar-refractivity contribution in [2.45, 2.75) is 12.1 Å². The number of hydrogen-bond acceptors (Lipinski definition) is 5. The van der Waals surface area contributed by atoms with E-state index in [9.17, 15) is 19.2 Å². The zero-order chi connectivity index (χ0) is 28.9. The Hall–Kier alpha value is -4.92. The van der Waals surface area contributed by atoms with Gasteiger partial charge in [-0.25, -0.2) is 14.2 Å². The summed E-state index contributed by atoms with van der Waals surface area (Å²) >= 11 is 12.6. The molecule has 2 aliphatic heterocycles. The van der Waals surface area contributed by atoms with E-state index in [0.29, 0.717) is 32.2 Å². The van der Waals surface area contributed by atoms with Crippen LogP contribution in [0.25, 0.3) is 27.4 Å². The summed E-state index contributed by atoms with van der Waals surface area (Å²) in [5.74, 6) is -0.596. The summed E-state index contributed by atoms with van der Waals surface area (Å²) < 4.78 is 8.06. The number of hydrogen-bond donors (Lipinski definition) is 0. The van der Waals surface area contributed by atoms with Crippen LogP contribution in [0.4, 0.5) is 5.69 Å². The smallest absolute Gasteiger partial charge is 0.345 e. The first-order valence-electron chi connectivity index (χ1n) is 13.0. The van der Waals surface area contributed by atoms with E-state index in [2.05, 4.69) is 0 Å². The quantitative estimate of drug-likeness (QED) is 0.257. The number of carbonyl (C=O) groups is 1. The molecule has 6 aromatic rings. The largest absolute Gasteiger partial charge is 0.422 e. The van der Waals surface area contributed by atoms with E-state index < -0.39 is 28.2 Å². The van der Waals surface area contributed by atoms with E-state index in [-0.39, 0.29) is 34.2 Å². The Labute approximate surface area is 246 Å². The van der Waals surface area contributed by atoms with Crippen LogP contribution in [0.5, 0.6) is 0 Å². The average Bonchev–Trinajstić information content (AvgIpc) is 3.45. The zero-order valence-corrected chi connectivity index (χ0v) is 23.0. The van der Waals surface area contributed by atoms with Gasteiger partial charge in [-0.1, -0.05) is 71.7 Å². The lowest BCUT2D eigenvalue weighted by Crippen LogP contribution is -2.53. The molecule has 1 spiro atoms. The molecule has 8 nitrogen and oxygen atoms in total. The fraction of sp³-hybridized carbons (Fsp3) is 0.0625. The van der Waals surface area contributed by atoms with Crippen LogP contribution in [0.3, 0.4) is 0 Å². The van der Waals surface area contributed by atoms with Gasteiger partial charge in [-0.05, 0) is 48.0 Å². The van der Waals surface area contributed by atoms with Crippen LogP contribution in [-0.4, -0.2) is 15.3 Å². The lowest BCUT2D eigenvalue weighted by Gasteiger charge is -2.26. The van der Waals surface area contributed by atoms with E-state index in [1.807, 2.05) is 0 Å². The molecule has 4 heterocycles. The van der Waals surface area contributed by atoms with Crippen LogP contribution in [0.1, 0.15) is 16.7 Å². The van der Waals surface area contributed by atoms with Crippen molar-refractivity contribution in [1.29, 1.82) is 0 Å². The molecule has 1 amide bonds. The maximum Gasteiger partial charge on any atom is 0.345 e. The topological polar surface area (TPSA) is 94.5 Å². The minimum Gasteiger partial charge on any atom is -0.422 e. The molecule has 42 heavy (non-hydrogen) atoms. The second kappa shape index (κ2) is 8.55. The lowest BCUT2D eigenvalue weighted by atomic mass is 9.84. The highest BCUT2D eigenvalue weighted by Gasteiger charge is 2.62. The fourth-order valence-electron chi connectivity index (χ4n) is 6.41. The lowest BCUT2D eigenvalue weighted by molar-refractivity contribution is -0.123. The zero-order valence-electron chi connectivity index (χ0n) is 21.5. The van der Waals surface area contributed by atoms with Gasteiger partial charge in [-0.15, -0.1) is 0 Å². The van der Waals surface area contributed by atoms with Gasteiger partial charge in [0.25, 0.3) is 17.0 Å². The first-order chi connectivity index (χ1) is 20.3. The number of anilines is 1. The first-order valence-corrected chi connectivity index (χ1v) is 13.8. The number of carbonyl (C=O) groups excluding carboxylic acids is 1. The van der Waals surface area contributed by atoms with Crippen molar-refractivity contribution in [3.05, 3.63) is 149 Å². The minimum absolute atomic E-state index is 0.0222. The molecule has 0 saturated carbocycles. The molecule has 1 unspecified atom stereocenters. The molecule has 0 saturated heterocycles. The van der Waals surface area contributed by atoms with E-state index in [0.717, 1.165) is 4.68 Å². The minimum atomic E-state index is -2.02. The molecule has 0 aliphatic carbocycles. The summed E-state index contributed by atoms with van der Waals surface area (Å²) in [5, 5.41) is 1.51. The third kappa shape index (κ3) is 2.97. The van der Waals surface area contributed by atoms with E-state index in [1.54, 1.807) is 91.0 Å². The number of nitrogens with zero attached hydrogens (tertiary/aromatic N) is 3. The third-order valence-corrected chi connectivity index (χ3v) is 8.72. The second-order valence-corrected chi connectivity index (χ2v) is 11.1. The highest BCUT2D eigenvalue weighted by atomic mass is 35.5. The SMILES string of the molecule is O=C1N(Cc2ccc(Cl)cc2Cl)c2ccccc2C12c1c(c3ccccc3oc1=O)-n1c(=O)c3ccccc3c(=O)n12. The maximum atomic E-state index is 15.0. The number of halogens is 2. The average molecular weight is 594 g/mol. The summed E-state index contributed by atoms with van der Waals surface area (Å²) in [6.45, 7) is 0.0222. The first kappa shape index (κ1) is 24.8. The Balaban J connectivity index is 1.55. The monoisotopic (exact) mass is 593 g/mol. The number of benzene rings is 4. The van der Waals surface area contributed by atoms with Crippen molar-refractivity contribution >= 4 is 56.5 Å². The van der Waals surface area contributed by atoms with Crippen LogP contribution in [0.15, 0.2) is 110 Å². The van der Waals surface area contributed by atoms with Crippen molar-refractivity contribution in [2.75, 3.05) is 4.90 Å². The molecule has 0 bridgehead atoms. The summed E-state index contributed by atoms with van der Waals surface area (Å²) in [7, 11) is 0. The molecule has 2 aliphatic rings. The van der Waals surface area contributed by atoms with Crippen LogP contribution in [-0.2, 0) is 16.9 Å². The molecule has 10 heteroatoms. The molecule has 4 aromatic carbocycles. The van der Waals surface area contributed by atoms with Crippen LogP contribution >= 0.6 is 23.2 Å². The summed E-state index contributed by atoms with van der Waals surface area (Å²) in [6.07, 6.45) is 0. The molecule has 0 radical (unpaired) electrons. The summed E-state index contributed by atoms with van der Waals surface area (Å²) in [6, 6.07) is 25.0. The van der Waals surface area contributed by atoms with Gasteiger partial charge in [0.1, 0.15) is 11.1 Å². The Morgan fingerprint density at radius 2 is 1.40 bits per heavy atom. The molecule has 2 aromatic heterocycles. The molecule has 0 fully saturated rings. The van der Waals surface area contributed by atoms with Gasteiger partial charge in [0.2, 0.25) is 5.54 Å². The van der Waals surface area contributed by atoms with Gasteiger partial charge < -0.3 is 9.32 Å². The van der Waals surface area contributed by atoms with Crippen LogP contribution in [0.2, 0.25) is 10.0 Å². The Kier molecular flexibility index (Phi) is 5.05. The van der Waals surface area contributed by atoms with Gasteiger partial charge in [0, 0.05) is 21.0 Å². The second-order valence-electron chi connectivity index (χ2n) is 10.2. The Bertz CT molecular complexity index is 2370. The number of aromatic nitrogens is 2. The van der Waals surface area contributed by atoms with E-state index in [4.69, 9.17) is 27.6 Å². The Morgan fingerprint density at radius 3 is 2.17 bits per heavy atom. The van der Waals surface area contributed by atoms with Gasteiger partial charge in [-0.2, -0.15) is 0 Å². The molecule has 204 valence electrons. The standard InChI is InChI=1S/C32H17Cl2N3O5/c33-18-14-13-17(23(34)15-18)16-35-24-11-5-4-10-22(24)32(31(35)41)26-27(21-9-3-6-12-25(21)42-30(26)40)36-28(38)19-7-1-2-8-20(19)29(39)37(32)36/h1-15H,16H2. The number of fused-ring (bicyclic) bond motifs is 10. The van der Waals surface area contributed by atoms with Crippen molar-refractivity contribution in [2.24, 2.45) is 0 Å². The maximum absolute atomic E-state index is 15.0. The number of amides is 1.